The van der Waals surface area contributed by atoms with Gasteiger partial charge >= 0.3 is 6.09 Å². The Bertz CT molecular complexity index is 895. The van der Waals surface area contributed by atoms with Gasteiger partial charge in [-0.05, 0) is 68.5 Å². The van der Waals surface area contributed by atoms with Crippen molar-refractivity contribution in [1.29, 1.82) is 0 Å². The Morgan fingerprint density at radius 3 is 2.50 bits per heavy atom. The standard InChI is InChI=1S/C22H24BrCl2NO2/c1-22(2,3)28-21(27)26(4)19-11-9-14(13-8-10-17(24)18(25)12-13)15-6-5-7-16(23)20(15)19/h5-8,10,12,14,19H,9,11H2,1-4H3/t14-,19-/m0/s1. The van der Waals surface area contributed by atoms with Crippen molar-refractivity contribution in [2.45, 2.75) is 51.2 Å². The fourth-order valence-corrected chi connectivity index (χ4v) is 4.71. The topological polar surface area (TPSA) is 29.5 Å². The van der Waals surface area contributed by atoms with Gasteiger partial charge in [0.05, 0.1) is 16.1 Å². The Kier molecular flexibility index (Phi) is 6.33. The lowest BCUT2D eigenvalue weighted by Gasteiger charge is -2.38. The maximum absolute atomic E-state index is 12.7. The van der Waals surface area contributed by atoms with E-state index in [1.54, 1.807) is 11.9 Å². The van der Waals surface area contributed by atoms with Crippen molar-refractivity contribution in [2.24, 2.45) is 0 Å². The van der Waals surface area contributed by atoms with Crippen LogP contribution in [-0.2, 0) is 4.74 Å². The van der Waals surface area contributed by atoms with E-state index in [1.165, 1.54) is 5.56 Å². The number of halogens is 3. The summed E-state index contributed by atoms with van der Waals surface area (Å²) < 4.78 is 6.58. The number of hydrogen-bond acceptors (Lipinski definition) is 2. The van der Waals surface area contributed by atoms with E-state index in [4.69, 9.17) is 27.9 Å². The summed E-state index contributed by atoms with van der Waals surface area (Å²) in [7, 11) is 1.81. The lowest BCUT2D eigenvalue weighted by Crippen LogP contribution is -2.38. The molecule has 150 valence electrons. The number of hydrogen-bond donors (Lipinski definition) is 0. The first-order chi connectivity index (χ1) is 13.1. The predicted molar refractivity (Wildman–Crippen MR) is 118 cm³/mol. The van der Waals surface area contributed by atoms with Gasteiger partial charge in [0.1, 0.15) is 5.60 Å². The number of rotatable bonds is 2. The summed E-state index contributed by atoms with van der Waals surface area (Å²) in [6.07, 6.45) is 1.42. The van der Waals surface area contributed by atoms with Gasteiger partial charge in [0.25, 0.3) is 0 Å². The molecule has 0 aromatic heterocycles. The van der Waals surface area contributed by atoms with Gasteiger partial charge in [-0.2, -0.15) is 0 Å². The van der Waals surface area contributed by atoms with Crippen LogP contribution in [0, 0.1) is 0 Å². The summed E-state index contributed by atoms with van der Waals surface area (Å²) in [6.45, 7) is 5.64. The molecule has 0 bridgehead atoms. The zero-order valence-electron chi connectivity index (χ0n) is 16.4. The molecule has 0 aliphatic heterocycles. The third-order valence-electron chi connectivity index (χ3n) is 5.02. The quantitative estimate of drug-likeness (QED) is 0.439. The van der Waals surface area contributed by atoms with E-state index in [9.17, 15) is 4.79 Å². The first kappa shape index (κ1) is 21.5. The van der Waals surface area contributed by atoms with Gasteiger partial charge in [-0.3, -0.25) is 0 Å². The molecule has 6 heteroatoms. The van der Waals surface area contributed by atoms with Crippen LogP contribution >= 0.6 is 39.1 Å². The average molecular weight is 485 g/mol. The van der Waals surface area contributed by atoms with Gasteiger partial charge in [-0.15, -0.1) is 0 Å². The third-order valence-corrected chi connectivity index (χ3v) is 6.45. The molecule has 2 aromatic rings. The molecule has 1 aliphatic rings. The van der Waals surface area contributed by atoms with E-state index in [0.717, 1.165) is 28.4 Å². The van der Waals surface area contributed by atoms with Crippen LogP contribution in [-0.4, -0.2) is 23.6 Å². The van der Waals surface area contributed by atoms with Crippen molar-refractivity contribution in [3.05, 3.63) is 67.6 Å². The molecule has 28 heavy (non-hydrogen) atoms. The summed E-state index contributed by atoms with van der Waals surface area (Å²) in [5.74, 6) is 0.200. The van der Waals surface area contributed by atoms with Crippen molar-refractivity contribution < 1.29 is 9.53 Å². The highest BCUT2D eigenvalue weighted by atomic mass is 79.9. The second-order valence-electron chi connectivity index (χ2n) is 8.15. The van der Waals surface area contributed by atoms with E-state index < -0.39 is 5.60 Å². The Morgan fingerprint density at radius 2 is 1.86 bits per heavy atom. The van der Waals surface area contributed by atoms with E-state index in [1.807, 2.05) is 51.1 Å². The smallest absolute Gasteiger partial charge is 0.410 e. The summed E-state index contributed by atoms with van der Waals surface area (Å²) in [5.41, 5.74) is 2.92. The van der Waals surface area contributed by atoms with Gasteiger partial charge < -0.3 is 9.64 Å². The fourth-order valence-electron chi connectivity index (χ4n) is 3.76. The molecule has 2 aromatic carbocycles. The van der Waals surface area contributed by atoms with Gasteiger partial charge in [0.2, 0.25) is 0 Å². The van der Waals surface area contributed by atoms with Crippen molar-refractivity contribution in [2.75, 3.05) is 7.05 Å². The largest absolute Gasteiger partial charge is 0.444 e. The number of fused-ring (bicyclic) bond motifs is 1. The minimum atomic E-state index is -0.528. The molecular weight excluding hydrogens is 461 g/mol. The van der Waals surface area contributed by atoms with Gasteiger partial charge in [-0.25, -0.2) is 4.79 Å². The maximum Gasteiger partial charge on any atom is 0.410 e. The second kappa shape index (κ2) is 8.25. The van der Waals surface area contributed by atoms with Crippen LogP contribution in [0.1, 0.15) is 62.3 Å². The summed E-state index contributed by atoms with van der Waals surface area (Å²) >= 11 is 16.1. The summed E-state index contributed by atoms with van der Waals surface area (Å²) in [4.78, 5) is 14.4. The monoisotopic (exact) mass is 483 g/mol. The second-order valence-corrected chi connectivity index (χ2v) is 9.82. The molecule has 1 amide bonds. The van der Waals surface area contributed by atoms with Crippen LogP contribution in [0.2, 0.25) is 10.0 Å². The molecule has 0 unspecified atom stereocenters. The fraction of sp³-hybridized carbons (Fsp3) is 0.409. The SMILES string of the molecule is CN(C(=O)OC(C)(C)C)[C@H]1CC[C@@H](c2ccc(Cl)c(Cl)c2)c2cccc(Br)c21. The van der Waals surface area contributed by atoms with Crippen molar-refractivity contribution in [3.63, 3.8) is 0 Å². The maximum atomic E-state index is 12.7. The highest BCUT2D eigenvalue weighted by molar-refractivity contribution is 9.10. The van der Waals surface area contributed by atoms with Crippen LogP contribution in [0.5, 0.6) is 0 Å². The van der Waals surface area contributed by atoms with Crippen LogP contribution in [0.3, 0.4) is 0 Å². The molecule has 3 nitrogen and oxygen atoms in total. The van der Waals surface area contributed by atoms with Crippen molar-refractivity contribution in [3.8, 4) is 0 Å². The average Bonchev–Trinajstić information content (AvgIpc) is 2.61. The van der Waals surface area contributed by atoms with Crippen LogP contribution in [0.25, 0.3) is 0 Å². The Morgan fingerprint density at radius 1 is 1.14 bits per heavy atom. The third kappa shape index (κ3) is 4.50. The Labute approximate surface area is 185 Å². The molecule has 0 N–H and O–H groups in total. The van der Waals surface area contributed by atoms with Crippen molar-refractivity contribution in [1.82, 2.24) is 4.90 Å². The van der Waals surface area contributed by atoms with Gasteiger partial charge in [-0.1, -0.05) is 57.3 Å². The van der Waals surface area contributed by atoms with Crippen LogP contribution < -0.4 is 0 Å². The van der Waals surface area contributed by atoms with Gasteiger partial charge in [0.15, 0.2) is 0 Å². The number of amides is 1. The Balaban J connectivity index is 1.98. The Hall–Kier alpha value is -1.23. The summed E-state index contributed by atoms with van der Waals surface area (Å²) in [6, 6.07) is 11.9. The number of nitrogens with zero attached hydrogens (tertiary/aromatic N) is 1. The zero-order valence-corrected chi connectivity index (χ0v) is 19.5. The number of carbonyl (C=O) groups is 1. The lowest BCUT2D eigenvalue weighted by molar-refractivity contribution is 0.0202. The highest BCUT2D eigenvalue weighted by Crippen LogP contribution is 2.46. The minimum absolute atomic E-state index is 0.0561. The molecule has 3 rings (SSSR count). The normalized spacial score (nSPS) is 19.1. The van der Waals surface area contributed by atoms with E-state index >= 15 is 0 Å². The molecule has 0 heterocycles. The van der Waals surface area contributed by atoms with E-state index in [2.05, 4.69) is 22.0 Å². The first-order valence-corrected chi connectivity index (χ1v) is 10.8. The molecule has 0 spiro atoms. The minimum Gasteiger partial charge on any atom is -0.444 e. The van der Waals surface area contributed by atoms with E-state index in [0.29, 0.717) is 10.0 Å². The van der Waals surface area contributed by atoms with Crippen LogP contribution in [0.15, 0.2) is 40.9 Å². The molecule has 0 radical (unpaired) electrons. The number of carbonyl (C=O) groups excluding carboxylic acids is 1. The number of benzene rings is 2. The predicted octanol–water partition coefficient (Wildman–Crippen LogP) is 7.59. The molecule has 2 atom stereocenters. The van der Waals surface area contributed by atoms with Crippen LogP contribution in [0.4, 0.5) is 4.79 Å². The van der Waals surface area contributed by atoms with Gasteiger partial charge in [0, 0.05) is 17.4 Å². The van der Waals surface area contributed by atoms with Crippen molar-refractivity contribution >= 4 is 45.2 Å². The highest BCUT2D eigenvalue weighted by Gasteiger charge is 2.35. The van der Waals surface area contributed by atoms with E-state index in [-0.39, 0.29) is 18.1 Å². The lowest BCUT2D eigenvalue weighted by atomic mass is 9.76. The molecular formula is C22H24BrCl2NO2. The molecule has 0 saturated carbocycles. The molecule has 0 fully saturated rings. The summed E-state index contributed by atoms with van der Waals surface area (Å²) in [5, 5.41) is 1.11. The molecule has 1 aliphatic carbocycles. The molecule has 0 saturated heterocycles. The number of ether oxygens (including phenoxy) is 1. The first-order valence-electron chi connectivity index (χ1n) is 9.27. The zero-order chi connectivity index (χ0) is 20.6.